The number of hydrogen-bond acceptors (Lipinski definition) is 4. The van der Waals surface area contributed by atoms with E-state index in [1.807, 2.05) is 6.26 Å². The van der Waals surface area contributed by atoms with Gasteiger partial charge in [-0.15, -0.1) is 11.8 Å². The van der Waals surface area contributed by atoms with Gasteiger partial charge in [-0.1, -0.05) is 6.42 Å². The number of rotatable bonds is 4. The first-order chi connectivity index (χ1) is 9.49. The number of carboxylic acid groups (broad SMARTS) is 1. The Bertz CT molecular complexity index is 535. The van der Waals surface area contributed by atoms with Crippen LogP contribution < -0.4 is 5.32 Å². The van der Waals surface area contributed by atoms with E-state index in [1.54, 1.807) is 25.3 Å². The van der Waals surface area contributed by atoms with Crippen LogP contribution in [-0.2, 0) is 4.79 Å². The molecule has 0 aromatic carbocycles. The van der Waals surface area contributed by atoms with E-state index in [0.717, 1.165) is 6.42 Å². The lowest BCUT2D eigenvalue weighted by atomic mass is 9.85. The second kappa shape index (κ2) is 5.83. The number of pyridine rings is 1. The van der Waals surface area contributed by atoms with Crippen molar-refractivity contribution in [3.63, 3.8) is 0 Å². The molecule has 1 aromatic heterocycles. The maximum atomic E-state index is 12.3. The summed E-state index contributed by atoms with van der Waals surface area (Å²) in [6.45, 7) is 1.70. The van der Waals surface area contributed by atoms with Crippen molar-refractivity contribution in [2.24, 2.45) is 5.41 Å². The number of aliphatic carboxylic acids is 1. The van der Waals surface area contributed by atoms with Gasteiger partial charge in [-0.2, -0.15) is 0 Å². The van der Waals surface area contributed by atoms with Crippen molar-refractivity contribution in [1.29, 1.82) is 0 Å². The van der Waals surface area contributed by atoms with Gasteiger partial charge in [0.25, 0.3) is 5.91 Å². The Morgan fingerprint density at radius 1 is 1.55 bits per heavy atom. The molecule has 2 atom stereocenters. The Morgan fingerprint density at radius 3 is 2.95 bits per heavy atom. The fourth-order valence-corrected chi connectivity index (χ4v) is 3.16. The smallest absolute Gasteiger partial charge is 0.311 e. The lowest BCUT2D eigenvalue weighted by molar-refractivity contribution is -0.148. The van der Waals surface area contributed by atoms with Crippen molar-refractivity contribution >= 4 is 23.6 Å². The average Bonchev–Trinajstić information content (AvgIpc) is 2.81. The van der Waals surface area contributed by atoms with Crippen LogP contribution in [0.4, 0.5) is 0 Å². The summed E-state index contributed by atoms with van der Waals surface area (Å²) >= 11 is 1.40. The Balaban J connectivity index is 2.18. The van der Waals surface area contributed by atoms with E-state index in [0.29, 0.717) is 23.4 Å². The summed E-state index contributed by atoms with van der Waals surface area (Å²) < 4.78 is 0. The molecule has 5 nitrogen and oxygen atoms in total. The fourth-order valence-electron chi connectivity index (χ4n) is 2.62. The first kappa shape index (κ1) is 14.8. The molecule has 1 aromatic rings. The zero-order valence-corrected chi connectivity index (χ0v) is 12.4. The van der Waals surface area contributed by atoms with Crippen molar-refractivity contribution < 1.29 is 14.7 Å². The molecule has 1 amide bonds. The van der Waals surface area contributed by atoms with Gasteiger partial charge in [0.1, 0.15) is 5.03 Å². The van der Waals surface area contributed by atoms with Gasteiger partial charge >= 0.3 is 5.97 Å². The maximum absolute atomic E-state index is 12.3. The molecule has 2 rings (SSSR count). The van der Waals surface area contributed by atoms with Crippen LogP contribution in [0.15, 0.2) is 23.4 Å². The van der Waals surface area contributed by atoms with Gasteiger partial charge in [0.15, 0.2) is 0 Å². The summed E-state index contributed by atoms with van der Waals surface area (Å²) in [6, 6.07) is 3.09. The Labute approximate surface area is 122 Å². The molecule has 2 unspecified atom stereocenters. The van der Waals surface area contributed by atoms with Crippen molar-refractivity contribution in [1.82, 2.24) is 10.3 Å². The molecular weight excluding hydrogens is 276 g/mol. The normalized spacial score (nSPS) is 25.4. The van der Waals surface area contributed by atoms with E-state index < -0.39 is 11.4 Å². The number of nitrogens with one attached hydrogen (secondary N) is 1. The van der Waals surface area contributed by atoms with Gasteiger partial charge < -0.3 is 10.4 Å². The number of aromatic nitrogens is 1. The first-order valence-electron chi connectivity index (χ1n) is 6.52. The molecule has 108 valence electrons. The monoisotopic (exact) mass is 294 g/mol. The third kappa shape index (κ3) is 2.65. The zero-order chi connectivity index (χ0) is 14.8. The minimum absolute atomic E-state index is 0.248. The Hall–Kier alpha value is -1.56. The van der Waals surface area contributed by atoms with Gasteiger partial charge in [-0.25, -0.2) is 4.98 Å². The van der Waals surface area contributed by atoms with E-state index in [9.17, 15) is 14.7 Å². The maximum Gasteiger partial charge on any atom is 0.311 e. The standard InChI is InChI=1S/C14H18N2O3S/c1-14(13(18)19)7-3-6-10(14)16-11(17)9-5-4-8-15-12(9)20-2/h4-5,8,10H,3,6-7H2,1-2H3,(H,16,17)(H,18,19). The molecule has 0 bridgehead atoms. The molecule has 6 heteroatoms. The summed E-state index contributed by atoms with van der Waals surface area (Å²) in [7, 11) is 0. The van der Waals surface area contributed by atoms with Crippen molar-refractivity contribution in [2.45, 2.75) is 37.3 Å². The summed E-state index contributed by atoms with van der Waals surface area (Å²) in [5, 5.41) is 12.9. The van der Waals surface area contributed by atoms with Crippen molar-refractivity contribution in [2.75, 3.05) is 6.26 Å². The van der Waals surface area contributed by atoms with Gasteiger partial charge in [0, 0.05) is 12.2 Å². The zero-order valence-electron chi connectivity index (χ0n) is 11.5. The van der Waals surface area contributed by atoms with E-state index in [2.05, 4.69) is 10.3 Å². The molecule has 0 spiro atoms. The molecule has 20 heavy (non-hydrogen) atoms. The third-order valence-electron chi connectivity index (χ3n) is 3.96. The van der Waals surface area contributed by atoms with Crippen LogP contribution >= 0.6 is 11.8 Å². The first-order valence-corrected chi connectivity index (χ1v) is 7.75. The number of hydrogen-bond donors (Lipinski definition) is 2. The topological polar surface area (TPSA) is 79.3 Å². The number of thioether (sulfide) groups is 1. The van der Waals surface area contributed by atoms with Crippen molar-refractivity contribution in [3.8, 4) is 0 Å². The van der Waals surface area contributed by atoms with E-state index in [-0.39, 0.29) is 11.9 Å². The molecule has 0 aliphatic heterocycles. The Morgan fingerprint density at radius 2 is 2.30 bits per heavy atom. The highest BCUT2D eigenvalue weighted by molar-refractivity contribution is 7.98. The Kier molecular flexibility index (Phi) is 4.32. The minimum Gasteiger partial charge on any atom is -0.481 e. The van der Waals surface area contributed by atoms with E-state index in [1.165, 1.54) is 11.8 Å². The predicted molar refractivity (Wildman–Crippen MR) is 76.9 cm³/mol. The number of carbonyl (C=O) groups is 2. The largest absolute Gasteiger partial charge is 0.481 e. The third-order valence-corrected chi connectivity index (χ3v) is 4.67. The van der Waals surface area contributed by atoms with Gasteiger partial charge in [0.2, 0.25) is 0 Å². The second-order valence-corrected chi connectivity index (χ2v) is 6.00. The van der Waals surface area contributed by atoms with Crippen LogP contribution in [0, 0.1) is 5.41 Å². The highest BCUT2D eigenvalue weighted by Crippen LogP contribution is 2.38. The van der Waals surface area contributed by atoms with Gasteiger partial charge in [-0.05, 0) is 38.2 Å². The number of nitrogens with zero attached hydrogens (tertiary/aromatic N) is 1. The number of carbonyl (C=O) groups excluding carboxylic acids is 1. The molecular formula is C14H18N2O3S. The summed E-state index contributed by atoms with van der Waals surface area (Å²) in [4.78, 5) is 27.9. The molecule has 1 heterocycles. The SMILES string of the molecule is CSc1ncccc1C(=O)NC1CCCC1(C)C(=O)O. The molecule has 0 radical (unpaired) electrons. The molecule has 0 saturated heterocycles. The predicted octanol–water partition coefficient (Wildman–Crippen LogP) is 2.18. The highest BCUT2D eigenvalue weighted by atomic mass is 32.2. The van der Waals surface area contributed by atoms with Gasteiger partial charge in [-0.3, -0.25) is 9.59 Å². The summed E-state index contributed by atoms with van der Waals surface area (Å²) in [5.74, 6) is -1.10. The van der Waals surface area contributed by atoms with Crippen LogP contribution in [0.5, 0.6) is 0 Å². The lowest BCUT2D eigenvalue weighted by Gasteiger charge is -2.27. The summed E-state index contributed by atoms with van der Waals surface area (Å²) in [5.41, 5.74) is -0.378. The van der Waals surface area contributed by atoms with Crippen LogP contribution in [0.3, 0.4) is 0 Å². The van der Waals surface area contributed by atoms with Crippen LogP contribution in [0.1, 0.15) is 36.5 Å². The number of carboxylic acids is 1. The van der Waals surface area contributed by atoms with Gasteiger partial charge in [0.05, 0.1) is 11.0 Å². The van der Waals surface area contributed by atoms with Crippen molar-refractivity contribution in [3.05, 3.63) is 23.9 Å². The highest BCUT2D eigenvalue weighted by Gasteiger charge is 2.46. The van der Waals surface area contributed by atoms with Crippen LogP contribution in [0.25, 0.3) is 0 Å². The molecule has 1 aliphatic carbocycles. The molecule has 1 saturated carbocycles. The van der Waals surface area contributed by atoms with Crippen LogP contribution in [-0.4, -0.2) is 34.3 Å². The minimum atomic E-state index is -0.878. The quantitative estimate of drug-likeness (QED) is 0.832. The molecule has 2 N–H and O–H groups in total. The second-order valence-electron chi connectivity index (χ2n) is 5.20. The molecule has 1 fully saturated rings. The fraction of sp³-hybridized carbons (Fsp3) is 0.500. The lowest BCUT2D eigenvalue weighted by Crippen LogP contribution is -2.47. The summed E-state index contributed by atoms with van der Waals surface area (Å²) in [6.07, 6.45) is 5.60. The van der Waals surface area contributed by atoms with E-state index in [4.69, 9.17) is 0 Å². The van der Waals surface area contributed by atoms with Crippen LogP contribution in [0.2, 0.25) is 0 Å². The average molecular weight is 294 g/mol. The van der Waals surface area contributed by atoms with E-state index >= 15 is 0 Å². The molecule has 1 aliphatic rings. The number of amides is 1.